The summed E-state index contributed by atoms with van der Waals surface area (Å²) in [4.78, 5) is 11.8. The van der Waals surface area contributed by atoms with Crippen LogP contribution < -0.4 is 0 Å². The predicted octanol–water partition coefficient (Wildman–Crippen LogP) is 3.56. The zero-order valence-corrected chi connectivity index (χ0v) is 22.1. The molecule has 0 saturated heterocycles. The molecule has 0 amide bonds. The van der Waals surface area contributed by atoms with Crippen molar-refractivity contribution in [3.63, 3.8) is 0 Å². The molecule has 0 saturated carbocycles. The molecular weight excluding hydrogens is 456 g/mol. The quantitative estimate of drug-likeness (QED) is 0.154. The fourth-order valence-electron chi connectivity index (χ4n) is 2.61. The molecule has 0 aliphatic carbocycles. The minimum Gasteiger partial charge on any atom is -0.382 e. The van der Waals surface area contributed by atoms with Gasteiger partial charge in [0.05, 0.1) is 92.5 Å². The number of hydrogen-bond acceptors (Lipinski definition) is 9. The van der Waals surface area contributed by atoms with Crippen LogP contribution >= 0.6 is 0 Å². The predicted molar refractivity (Wildman–Crippen MR) is 137 cm³/mol. The third-order valence-electron chi connectivity index (χ3n) is 4.69. The average molecular weight is 511 g/mol. The lowest BCUT2D eigenvalue weighted by molar-refractivity contribution is -0.126. The van der Waals surface area contributed by atoms with E-state index in [0.29, 0.717) is 111 Å². The van der Waals surface area contributed by atoms with E-state index in [2.05, 4.69) is 0 Å². The molecule has 0 aromatic carbocycles. The molecule has 0 aliphatic heterocycles. The van der Waals surface area contributed by atoms with Gasteiger partial charge in [-0.05, 0) is 12.8 Å². The van der Waals surface area contributed by atoms with Crippen molar-refractivity contribution >= 4 is 5.78 Å². The van der Waals surface area contributed by atoms with Crippen LogP contribution in [0.3, 0.4) is 0 Å². The molecule has 35 heavy (non-hydrogen) atoms. The summed E-state index contributed by atoms with van der Waals surface area (Å²) in [6.07, 6.45) is 3.59. The number of carbonyl (C=O) groups excluding carboxylic acids is 1. The highest BCUT2D eigenvalue weighted by molar-refractivity contribution is 5.83. The topological polar surface area (TPSA) is 90.9 Å². The molecule has 0 aliphatic rings. The zero-order valence-electron chi connectivity index (χ0n) is 22.1. The first-order valence-corrected chi connectivity index (χ1v) is 12.5. The summed E-state index contributed by atoms with van der Waals surface area (Å²) >= 11 is 0. The Morgan fingerprint density at radius 3 is 1.11 bits per heavy atom. The van der Waals surface area contributed by atoms with Gasteiger partial charge in [0.1, 0.15) is 5.78 Å². The summed E-state index contributed by atoms with van der Waals surface area (Å²) < 4.78 is 42.9. The van der Waals surface area contributed by atoms with Crippen LogP contribution in [0.4, 0.5) is 0 Å². The third-order valence-corrected chi connectivity index (χ3v) is 4.69. The van der Waals surface area contributed by atoms with Crippen LogP contribution in [0.5, 0.6) is 0 Å². The van der Waals surface area contributed by atoms with E-state index < -0.39 is 0 Å². The van der Waals surface area contributed by atoms with Gasteiger partial charge in [-0.25, -0.2) is 0 Å². The first kappa shape index (κ1) is 36.5. The molecule has 9 nitrogen and oxygen atoms in total. The molecule has 0 heterocycles. The maximum absolute atomic E-state index is 11.8. The Hall–Kier alpha value is -0.650. The van der Waals surface area contributed by atoms with Gasteiger partial charge >= 0.3 is 0 Å². The lowest BCUT2D eigenvalue weighted by Gasteiger charge is -2.16. The number of unbranched alkanes of at least 4 members (excludes halogenated alkanes) is 2. The fraction of sp³-hybridized carbons (Fsp3) is 0.962. The van der Waals surface area contributed by atoms with Crippen molar-refractivity contribution in [3.05, 3.63) is 0 Å². The maximum atomic E-state index is 11.8. The van der Waals surface area contributed by atoms with E-state index in [1.54, 1.807) is 7.11 Å². The summed E-state index contributed by atoms with van der Waals surface area (Å²) in [6, 6.07) is 0. The number of ether oxygens (including phenoxy) is 8. The summed E-state index contributed by atoms with van der Waals surface area (Å²) in [5.41, 5.74) is -0.226. The number of rotatable bonds is 27. The lowest BCUT2D eigenvalue weighted by Crippen LogP contribution is -2.19. The molecule has 0 fully saturated rings. The van der Waals surface area contributed by atoms with Gasteiger partial charge in [0.25, 0.3) is 0 Å². The van der Waals surface area contributed by atoms with Crippen LogP contribution in [0.15, 0.2) is 0 Å². The third kappa shape index (κ3) is 29.5. The van der Waals surface area contributed by atoms with Gasteiger partial charge in [0.2, 0.25) is 0 Å². The maximum Gasteiger partial charge on any atom is 0.138 e. The zero-order chi connectivity index (χ0) is 25.2. The summed E-state index contributed by atoms with van der Waals surface area (Å²) in [5.74, 6) is 0.332. The highest BCUT2D eigenvalue weighted by Gasteiger charge is 2.19. The highest BCUT2D eigenvalue weighted by Crippen LogP contribution is 2.18. The SMILES string of the molecule is C.COCCOCCOCCOCCOCCOCCOCCOCCCCCC(=O)C(C)(C)C. The molecular formula is C26H54O9. The lowest BCUT2D eigenvalue weighted by atomic mass is 9.88. The Morgan fingerprint density at radius 2 is 0.800 bits per heavy atom. The second-order valence-corrected chi connectivity index (χ2v) is 8.76. The van der Waals surface area contributed by atoms with Gasteiger partial charge < -0.3 is 37.9 Å². The van der Waals surface area contributed by atoms with E-state index in [1.165, 1.54) is 0 Å². The number of carbonyl (C=O) groups is 1. The molecule has 0 radical (unpaired) electrons. The van der Waals surface area contributed by atoms with E-state index >= 15 is 0 Å². The summed E-state index contributed by atoms with van der Waals surface area (Å²) in [6.45, 7) is 14.4. The Kier molecular flexibility index (Phi) is 29.1. The van der Waals surface area contributed by atoms with Crippen molar-refractivity contribution in [3.8, 4) is 0 Å². The first-order valence-electron chi connectivity index (χ1n) is 12.5. The number of ketones is 1. The number of Topliss-reactive ketones (excluding diaryl/α,β-unsaturated/α-hetero) is 1. The van der Waals surface area contributed by atoms with Gasteiger partial charge in [0, 0.05) is 25.6 Å². The number of hydrogen-bond donors (Lipinski definition) is 0. The smallest absolute Gasteiger partial charge is 0.138 e. The normalized spacial score (nSPS) is 11.5. The minimum absolute atomic E-state index is 0. The molecule has 0 spiro atoms. The van der Waals surface area contributed by atoms with E-state index in [0.717, 1.165) is 19.3 Å². The Labute approximate surface area is 214 Å². The van der Waals surface area contributed by atoms with Crippen molar-refractivity contribution in [2.24, 2.45) is 5.41 Å². The van der Waals surface area contributed by atoms with Crippen LogP contribution in [0.1, 0.15) is 53.9 Å². The largest absolute Gasteiger partial charge is 0.382 e. The van der Waals surface area contributed by atoms with Crippen LogP contribution in [-0.2, 0) is 42.7 Å². The molecule has 212 valence electrons. The molecule has 9 heteroatoms. The summed E-state index contributed by atoms with van der Waals surface area (Å²) in [5, 5.41) is 0. The molecule has 0 atom stereocenters. The molecule has 0 rings (SSSR count). The van der Waals surface area contributed by atoms with Gasteiger partial charge in [-0.1, -0.05) is 34.6 Å². The van der Waals surface area contributed by atoms with Crippen molar-refractivity contribution in [2.75, 3.05) is 106 Å². The Morgan fingerprint density at radius 1 is 0.486 bits per heavy atom. The van der Waals surface area contributed by atoms with Gasteiger partial charge in [-0.2, -0.15) is 0 Å². The first-order chi connectivity index (χ1) is 16.5. The van der Waals surface area contributed by atoms with Crippen LogP contribution in [0.25, 0.3) is 0 Å². The van der Waals surface area contributed by atoms with E-state index in [-0.39, 0.29) is 12.8 Å². The molecule has 0 aromatic rings. The standard InChI is InChI=1S/C25H50O9.CH4/c1-25(2,3)24(26)8-6-5-7-9-28-12-13-30-16-17-32-20-21-34-23-22-33-19-18-31-15-14-29-11-10-27-4;/h5-23H2,1-4H3;1H4. The molecule has 0 aromatic heterocycles. The Balaban J connectivity index is 0. The van der Waals surface area contributed by atoms with Gasteiger partial charge in [-0.3, -0.25) is 4.79 Å². The van der Waals surface area contributed by atoms with Crippen LogP contribution in [0, 0.1) is 5.41 Å². The van der Waals surface area contributed by atoms with Crippen LogP contribution in [0.2, 0.25) is 0 Å². The summed E-state index contributed by atoms with van der Waals surface area (Å²) in [7, 11) is 1.65. The second kappa shape index (κ2) is 27.9. The second-order valence-electron chi connectivity index (χ2n) is 8.76. The molecule has 0 N–H and O–H groups in total. The molecule has 0 bridgehead atoms. The van der Waals surface area contributed by atoms with Crippen LogP contribution in [-0.4, -0.2) is 112 Å². The Bertz CT molecular complexity index is 428. The van der Waals surface area contributed by atoms with Crippen molar-refractivity contribution < 1.29 is 42.7 Å². The van der Waals surface area contributed by atoms with E-state index in [4.69, 9.17) is 37.9 Å². The highest BCUT2D eigenvalue weighted by atomic mass is 16.6. The fourth-order valence-corrected chi connectivity index (χ4v) is 2.61. The van der Waals surface area contributed by atoms with Gasteiger partial charge in [-0.15, -0.1) is 0 Å². The minimum atomic E-state index is -0.226. The van der Waals surface area contributed by atoms with Crippen molar-refractivity contribution in [2.45, 2.75) is 53.9 Å². The monoisotopic (exact) mass is 510 g/mol. The van der Waals surface area contributed by atoms with Crippen molar-refractivity contribution in [1.82, 2.24) is 0 Å². The number of methoxy groups -OCH3 is 1. The van der Waals surface area contributed by atoms with Gasteiger partial charge in [0.15, 0.2) is 0 Å². The van der Waals surface area contributed by atoms with E-state index in [9.17, 15) is 4.79 Å². The van der Waals surface area contributed by atoms with Crippen molar-refractivity contribution in [1.29, 1.82) is 0 Å². The average Bonchev–Trinajstić information content (AvgIpc) is 2.80. The molecule has 0 unspecified atom stereocenters. The van der Waals surface area contributed by atoms with E-state index in [1.807, 2.05) is 20.8 Å².